The molecular weight excluding hydrogens is 475 g/mol. The fourth-order valence-corrected chi connectivity index (χ4v) is 14.4. The van der Waals surface area contributed by atoms with Crippen molar-refractivity contribution in [2.75, 3.05) is 0 Å². The molecule has 36 heavy (non-hydrogen) atoms. The molecule has 0 aromatic heterocycles. The van der Waals surface area contributed by atoms with Crippen LogP contribution in [-0.4, -0.2) is 28.3 Å². The van der Waals surface area contributed by atoms with Crippen LogP contribution in [0.1, 0.15) is 114 Å². The largest absolute Gasteiger partial charge is 0.414 e. The quantitative estimate of drug-likeness (QED) is 0.196. The van der Waals surface area contributed by atoms with Gasteiger partial charge in [-0.15, -0.1) is 0 Å². The molecule has 0 aromatic rings. The van der Waals surface area contributed by atoms with Gasteiger partial charge in [-0.3, -0.25) is 0 Å². The van der Waals surface area contributed by atoms with Crippen LogP contribution in [0.4, 0.5) is 0 Å². The number of nitriles is 1. The highest BCUT2D eigenvalue weighted by Gasteiger charge is 2.55. The smallest absolute Gasteiger partial charge is 0.192 e. The fraction of sp³-hybridized carbons (Fsp3) is 0.968. The summed E-state index contributed by atoms with van der Waals surface area (Å²) in [4.78, 5) is 0. The molecule has 0 saturated heterocycles. The van der Waals surface area contributed by atoms with Gasteiger partial charge in [0, 0.05) is 12.0 Å². The van der Waals surface area contributed by atoms with E-state index in [0.29, 0.717) is 29.3 Å². The third kappa shape index (κ3) is 6.88. The summed E-state index contributed by atoms with van der Waals surface area (Å²) in [6.45, 7) is 23.5. The molecule has 0 aromatic carbocycles. The van der Waals surface area contributed by atoms with Crippen LogP contribution in [0.5, 0.6) is 0 Å². The Morgan fingerprint density at radius 3 is 1.97 bits per heavy atom. The van der Waals surface area contributed by atoms with Gasteiger partial charge in [0.15, 0.2) is 16.6 Å². The zero-order chi connectivity index (χ0) is 27.2. The third-order valence-electron chi connectivity index (χ3n) is 11.4. The SMILES string of the molecule is CC[Si](CC)(CC)O[C@H]1CCC[C@]2(C)C([C@H](C)C(C#N)CCC(C)(C)O[Si](CC)(CC)CC)CCC12. The van der Waals surface area contributed by atoms with Crippen LogP contribution >= 0.6 is 0 Å². The van der Waals surface area contributed by atoms with Crippen LogP contribution in [-0.2, 0) is 8.85 Å². The second-order valence-electron chi connectivity index (χ2n) is 13.3. The molecule has 2 saturated carbocycles. The van der Waals surface area contributed by atoms with Crippen LogP contribution in [0.2, 0.25) is 36.3 Å². The van der Waals surface area contributed by atoms with Gasteiger partial charge in [-0.1, -0.05) is 61.8 Å². The molecule has 0 bridgehead atoms. The van der Waals surface area contributed by atoms with Gasteiger partial charge in [0.2, 0.25) is 0 Å². The molecular formula is C31H61NO2Si2. The first-order chi connectivity index (χ1) is 16.9. The average Bonchev–Trinajstić information content (AvgIpc) is 3.24. The van der Waals surface area contributed by atoms with E-state index in [4.69, 9.17) is 8.85 Å². The van der Waals surface area contributed by atoms with E-state index in [2.05, 4.69) is 75.3 Å². The van der Waals surface area contributed by atoms with Crippen molar-refractivity contribution in [2.45, 2.75) is 162 Å². The number of rotatable bonds is 15. The first kappa shape index (κ1) is 32.1. The molecule has 5 heteroatoms. The predicted molar refractivity (Wildman–Crippen MR) is 160 cm³/mol. The lowest BCUT2D eigenvalue weighted by Gasteiger charge is -2.49. The second kappa shape index (κ2) is 13.3. The lowest BCUT2D eigenvalue weighted by Crippen LogP contribution is -2.49. The number of hydrogen-bond acceptors (Lipinski definition) is 3. The zero-order valence-electron chi connectivity index (χ0n) is 25.8. The maximum absolute atomic E-state index is 10.3. The normalized spacial score (nSPS) is 29.0. The number of nitrogens with zero attached hydrogens (tertiary/aromatic N) is 1. The highest BCUT2D eigenvalue weighted by Crippen LogP contribution is 2.60. The van der Waals surface area contributed by atoms with E-state index in [1.54, 1.807) is 0 Å². The van der Waals surface area contributed by atoms with Crippen molar-refractivity contribution in [3.8, 4) is 6.07 Å². The van der Waals surface area contributed by atoms with E-state index in [-0.39, 0.29) is 11.5 Å². The van der Waals surface area contributed by atoms with Crippen molar-refractivity contribution >= 4 is 16.6 Å². The molecule has 210 valence electrons. The van der Waals surface area contributed by atoms with Crippen molar-refractivity contribution in [1.29, 1.82) is 5.26 Å². The molecule has 6 atom stereocenters. The van der Waals surface area contributed by atoms with E-state index in [0.717, 1.165) is 12.8 Å². The lowest BCUT2D eigenvalue weighted by molar-refractivity contribution is -0.0245. The van der Waals surface area contributed by atoms with E-state index < -0.39 is 16.6 Å². The van der Waals surface area contributed by atoms with Gasteiger partial charge in [-0.05, 0) is 112 Å². The molecule has 2 fully saturated rings. The Labute approximate surface area is 227 Å². The molecule has 0 N–H and O–H groups in total. The van der Waals surface area contributed by atoms with Crippen molar-refractivity contribution in [3.05, 3.63) is 0 Å². The van der Waals surface area contributed by atoms with E-state index in [9.17, 15) is 5.26 Å². The van der Waals surface area contributed by atoms with Crippen LogP contribution in [0.25, 0.3) is 0 Å². The first-order valence-corrected chi connectivity index (χ1v) is 20.8. The van der Waals surface area contributed by atoms with Gasteiger partial charge in [0.25, 0.3) is 0 Å². The second-order valence-corrected chi connectivity index (χ2v) is 22.7. The summed E-state index contributed by atoms with van der Waals surface area (Å²) in [6, 6.07) is 10.1. The van der Waals surface area contributed by atoms with Crippen LogP contribution in [0.15, 0.2) is 0 Å². The van der Waals surface area contributed by atoms with Crippen LogP contribution in [0, 0.1) is 40.4 Å². The van der Waals surface area contributed by atoms with Crippen LogP contribution < -0.4 is 0 Å². The van der Waals surface area contributed by atoms with Gasteiger partial charge in [0.1, 0.15) is 0 Å². The monoisotopic (exact) mass is 535 g/mol. The minimum absolute atomic E-state index is 0.117. The molecule has 3 unspecified atom stereocenters. The van der Waals surface area contributed by atoms with Crippen molar-refractivity contribution in [2.24, 2.45) is 29.1 Å². The summed E-state index contributed by atoms with van der Waals surface area (Å²) in [6.07, 6.45) is 8.83. The van der Waals surface area contributed by atoms with E-state index in [1.165, 1.54) is 68.4 Å². The molecule has 2 aliphatic rings. The molecule has 2 aliphatic carbocycles. The fourth-order valence-electron chi connectivity index (χ4n) is 8.32. The minimum atomic E-state index is -1.65. The molecule has 0 amide bonds. The van der Waals surface area contributed by atoms with E-state index in [1.807, 2.05) is 0 Å². The molecule has 2 rings (SSSR count). The first-order valence-electron chi connectivity index (χ1n) is 15.7. The maximum atomic E-state index is 10.3. The van der Waals surface area contributed by atoms with Gasteiger partial charge >= 0.3 is 0 Å². The minimum Gasteiger partial charge on any atom is -0.414 e. The summed E-state index contributed by atoms with van der Waals surface area (Å²) in [7, 11) is -3.26. The van der Waals surface area contributed by atoms with E-state index >= 15 is 0 Å². The highest BCUT2D eigenvalue weighted by atomic mass is 28.4. The predicted octanol–water partition coefficient (Wildman–Crippen LogP) is 9.95. The van der Waals surface area contributed by atoms with Crippen molar-refractivity contribution in [1.82, 2.24) is 0 Å². The Morgan fingerprint density at radius 2 is 1.47 bits per heavy atom. The molecule has 0 aliphatic heterocycles. The standard InChI is InChI=1S/C31H61NO2Si2/c1-11-35(12-2,13-3)33-29-18-17-22-31(10)27(19-20-28(29)31)25(7)26(24-32)21-23-30(8,9)34-36(14-4,15-5)16-6/h25-29H,11-23H2,1-10H3/t25-,26?,27?,28?,29+,31-/m1/s1. The third-order valence-corrected chi connectivity index (χ3v) is 20.9. The molecule has 0 radical (unpaired) electrons. The summed E-state index contributed by atoms with van der Waals surface area (Å²) in [5.74, 6) is 1.88. The van der Waals surface area contributed by atoms with Crippen LogP contribution in [0.3, 0.4) is 0 Å². The Kier molecular flexibility index (Phi) is 11.8. The highest BCUT2D eigenvalue weighted by molar-refractivity contribution is 6.74. The topological polar surface area (TPSA) is 42.2 Å². The summed E-state index contributed by atoms with van der Waals surface area (Å²) in [5.41, 5.74) is 0.191. The summed E-state index contributed by atoms with van der Waals surface area (Å²) >= 11 is 0. The number of fused-ring (bicyclic) bond motifs is 1. The number of hydrogen-bond donors (Lipinski definition) is 0. The maximum Gasteiger partial charge on any atom is 0.192 e. The molecule has 0 heterocycles. The van der Waals surface area contributed by atoms with Gasteiger partial charge in [-0.2, -0.15) is 5.26 Å². The average molecular weight is 536 g/mol. The molecule has 0 spiro atoms. The zero-order valence-corrected chi connectivity index (χ0v) is 27.8. The summed E-state index contributed by atoms with van der Waals surface area (Å²) in [5, 5.41) is 10.3. The Hall–Kier alpha value is -0.156. The van der Waals surface area contributed by atoms with Crippen molar-refractivity contribution in [3.63, 3.8) is 0 Å². The Bertz CT molecular complexity index is 695. The Morgan fingerprint density at radius 1 is 0.917 bits per heavy atom. The van der Waals surface area contributed by atoms with Gasteiger partial charge in [0.05, 0.1) is 11.7 Å². The summed E-state index contributed by atoms with van der Waals surface area (Å²) < 4.78 is 14.0. The Balaban J connectivity index is 2.12. The molecule has 3 nitrogen and oxygen atoms in total. The van der Waals surface area contributed by atoms with Gasteiger partial charge < -0.3 is 8.85 Å². The van der Waals surface area contributed by atoms with Gasteiger partial charge in [-0.25, -0.2) is 0 Å². The lowest BCUT2D eigenvalue weighted by atomic mass is 9.60. The van der Waals surface area contributed by atoms with Crippen molar-refractivity contribution < 1.29 is 8.85 Å².